The van der Waals surface area contributed by atoms with Gasteiger partial charge in [0, 0.05) is 40.5 Å². The van der Waals surface area contributed by atoms with Gasteiger partial charge >= 0.3 is 11.9 Å². The van der Waals surface area contributed by atoms with Gasteiger partial charge in [0.2, 0.25) is 0 Å². The van der Waals surface area contributed by atoms with Crippen molar-refractivity contribution in [3.8, 4) is 28.3 Å². The number of aromatic nitrogens is 2. The lowest BCUT2D eigenvalue weighted by atomic mass is 9.96. The Bertz CT molecular complexity index is 1450. The average Bonchev–Trinajstić information content (AvgIpc) is 3.31. The Morgan fingerprint density at radius 3 is 2.25 bits per heavy atom. The van der Waals surface area contributed by atoms with Gasteiger partial charge in [-0.3, -0.25) is 14.3 Å². The predicted molar refractivity (Wildman–Crippen MR) is 159 cm³/mol. The zero-order valence-corrected chi connectivity index (χ0v) is 24.1. The zero-order chi connectivity index (χ0) is 28.5. The van der Waals surface area contributed by atoms with Crippen molar-refractivity contribution in [1.29, 1.82) is 0 Å². The van der Waals surface area contributed by atoms with E-state index in [1.807, 2.05) is 72.3 Å². The summed E-state index contributed by atoms with van der Waals surface area (Å²) in [5, 5.41) is 23.8. The number of nitrogens with zero attached hydrogens (tertiary/aromatic N) is 2. The minimum Gasteiger partial charge on any atom is -0.493 e. The summed E-state index contributed by atoms with van der Waals surface area (Å²) >= 11 is 3.52. The molecule has 0 saturated carbocycles. The quantitative estimate of drug-likeness (QED) is 0.160. The molecule has 3 aromatic carbocycles. The van der Waals surface area contributed by atoms with E-state index in [-0.39, 0.29) is 12.8 Å². The van der Waals surface area contributed by atoms with Gasteiger partial charge in [0.05, 0.1) is 18.0 Å². The van der Waals surface area contributed by atoms with E-state index in [9.17, 15) is 14.7 Å². The molecule has 0 spiro atoms. The largest absolute Gasteiger partial charge is 0.493 e. The first-order valence-electron chi connectivity index (χ1n) is 13.4. The number of hydrogen-bond donors (Lipinski definition) is 2. The predicted octanol–water partition coefficient (Wildman–Crippen LogP) is 7.05. The minimum atomic E-state index is -0.879. The summed E-state index contributed by atoms with van der Waals surface area (Å²) in [4.78, 5) is 22.9. The number of carbonyl (C=O) groups is 2. The van der Waals surface area contributed by atoms with Crippen molar-refractivity contribution in [2.75, 3.05) is 6.61 Å². The topological polar surface area (TPSA) is 102 Å². The Kier molecular flexibility index (Phi) is 10.1. The third-order valence-electron chi connectivity index (χ3n) is 6.60. The fourth-order valence-corrected chi connectivity index (χ4v) is 4.92. The molecule has 208 valence electrons. The van der Waals surface area contributed by atoms with Crippen LogP contribution in [0, 0.1) is 0 Å². The van der Waals surface area contributed by atoms with Gasteiger partial charge in [-0.2, -0.15) is 5.10 Å². The van der Waals surface area contributed by atoms with E-state index in [4.69, 9.17) is 14.9 Å². The maximum atomic E-state index is 11.7. The molecule has 0 atom stereocenters. The maximum Gasteiger partial charge on any atom is 0.303 e. The van der Waals surface area contributed by atoms with E-state index in [2.05, 4.69) is 28.1 Å². The van der Waals surface area contributed by atoms with Gasteiger partial charge in [0.15, 0.2) is 0 Å². The molecule has 0 radical (unpaired) electrons. The summed E-state index contributed by atoms with van der Waals surface area (Å²) in [7, 11) is 0. The first-order valence-corrected chi connectivity index (χ1v) is 14.2. The second-order valence-electron chi connectivity index (χ2n) is 9.61. The van der Waals surface area contributed by atoms with Crippen LogP contribution in [0.4, 0.5) is 0 Å². The van der Waals surface area contributed by atoms with Crippen molar-refractivity contribution >= 4 is 27.9 Å². The highest BCUT2D eigenvalue weighted by Gasteiger charge is 2.24. The van der Waals surface area contributed by atoms with Gasteiger partial charge in [-0.15, -0.1) is 0 Å². The van der Waals surface area contributed by atoms with Crippen LogP contribution in [0.1, 0.15) is 42.9 Å². The number of hydrogen-bond acceptors (Lipinski definition) is 4. The molecular weight excluding hydrogens is 572 g/mol. The Balaban J connectivity index is 1.87. The molecule has 0 aliphatic rings. The number of rotatable bonds is 14. The van der Waals surface area contributed by atoms with Crippen LogP contribution in [0.15, 0.2) is 77.3 Å². The summed E-state index contributed by atoms with van der Waals surface area (Å²) in [5.41, 5.74) is 6.18. The Morgan fingerprint density at radius 1 is 0.875 bits per heavy atom. The summed E-state index contributed by atoms with van der Waals surface area (Å²) in [6, 6.07) is 23.9. The second kappa shape index (κ2) is 13.9. The van der Waals surface area contributed by atoms with Crippen molar-refractivity contribution < 1.29 is 24.5 Å². The Morgan fingerprint density at radius 2 is 1.57 bits per heavy atom. The summed E-state index contributed by atoms with van der Waals surface area (Å²) in [5.74, 6) is -1.11. The van der Waals surface area contributed by atoms with Gasteiger partial charge < -0.3 is 14.9 Å². The first kappa shape index (κ1) is 29.1. The number of aliphatic carboxylic acids is 2. The molecule has 8 heteroatoms. The first-order chi connectivity index (χ1) is 19.4. The maximum absolute atomic E-state index is 11.7. The van der Waals surface area contributed by atoms with Crippen LogP contribution in [-0.2, 0) is 35.4 Å². The molecule has 2 N–H and O–H groups in total. The smallest absolute Gasteiger partial charge is 0.303 e. The fourth-order valence-electron chi connectivity index (χ4n) is 4.66. The molecule has 40 heavy (non-hydrogen) atoms. The van der Waals surface area contributed by atoms with Crippen LogP contribution >= 0.6 is 15.9 Å². The van der Waals surface area contributed by atoms with E-state index in [0.29, 0.717) is 37.4 Å². The summed E-state index contributed by atoms with van der Waals surface area (Å²) in [6.45, 7) is 3.13. The summed E-state index contributed by atoms with van der Waals surface area (Å²) in [6.07, 6.45) is 2.24. The van der Waals surface area contributed by atoms with Crippen molar-refractivity contribution in [2.24, 2.45) is 0 Å². The Labute approximate surface area is 242 Å². The van der Waals surface area contributed by atoms with E-state index in [1.54, 1.807) is 0 Å². The standard InChI is InChI=1S/C32H33BrN2O5/c1-2-20-40-28-21-23(9-16-29(36)37)8-14-26(28)31-27(15-17-30(38)39)32(24-10-12-25(33)13-11-24)35(34-31)19-18-22-6-4-3-5-7-22/h3-8,10-14,21H,2,9,15-20H2,1H3,(H,36,37)(H,38,39). The van der Waals surface area contributed by atoms with Crippen LogP contribution in [-0.4, -0.2) is 38.5 Å². The zero-order valence-electron chi connectivity index (χ0n) is 22.5. The van der Waals surface area contributed by atoms with Gasteiger partial charge in [-0.1, -0.05) is 71.4 Å². The van der Waals surface area contributed by atoms with E-state index < -0.39 is 11.9 Å². The highest BCUT2D eigenvalue weighted by molar-refractivity contribution is 9.10. The van der Waals surface area contributed by atoms with Gasteiger partial charge in [0.25, 0.3) is 0 Å². The van der Waals surface area contributed by atoms with Crippen LogP contribution < -0.4 is 4.74 Å². The summed E-state index contributed by atoms with van der Waals surface area (Å²) < 4.78 is 9.08. The normalized spacial score (nSPS) is 10.9. The molecular formula is C32H33BrN2O5. The number of ether oxygens (including phenoxy) is 1. The molecule has 0 unspecified atom stereocenters. The average molecular weight is 606 g/mol. The number of aryl methyl sites for hydroxylation is 3. The number of carboxylic acid groups (broad SMARTS) is 2. The number of halogens is 1. The molecule has 0 aliphatic heterocycles. The van der Waals surface area contributed by atoms with E-state index in [0.717, 1.165) is 45.3 Å². The molecule has 7 nitrogen and oxygen atoms in total. The monoisotopic (exact) mass is 604 g/mol. The highest BCUT2D eigenvalue weighted by atomic mass is 79.9. The molecule has 0 amide bonds. The van der Waals surface area contributed by atoms with Crippen LogP contribution in [0.2, 0.25) is 0 Å². The van der Waals surface area contributed by atoms with Gasteiger partial charge in [-0.05, 0) is 61.1 Å². The van der Waals surface area contributed by atoms with Crippen LogP contribution in [0.3, 0.4) is 0 Å². The molecule has 0 bridgehead atoms. The number of carboxylic acids is 2. The van der Waals surface area contributed by atoms with Crippen LogP contribution in [0.5, 0.6) is 5.75 Å². The molecule has 1 heterocycles. The van der Waals surface area contributed by atoms with E-state index >= 15 is 0 Å². The van der Waals surface area contributed by atoms with Crippen LogP contribution in [0.25, 0.3) is 22.5 Å². The van der Waals surface area contributed by atoms with E-state index in [1.165, 1.54) is 5.56 Å². The van der Waals surface area contributed by atoms with Crippen molar-refractivity contribution in [3.05, 3.63) is 94.0 Å². The number of benzene rings is 3. The van der Waals surface area contributed by atoms with Gasteiger partial charge in [-0.25, -0.2) is 0 Å². The lowest BCUT2D eigenvalue weighted by Crippen LogP contribution is -2.06. The van der Waals surface area contributed by atoms with Crippen molar-refractivity contribution in [3.63, 3.8) is 0 Å². The lowest BCUT2D eigenvalue weighted by Gasteiger charge is -2.13. The highest BCUT2D eigenvalue weighted by Crippen LogP contribution is 2.39. The lowest BCUT2D eigenvalue weighted by molar-refractivity contribution is -0.138. The molecule has 0 saturated heterocycles. The third kappa shape index (κ3) is 7.60. The molecule has 0 aliphatic carbocycles. The SMILES string of the molecule is CCCOc1cc(CCC(=O)O)ccc1-c1nn(CCc2ccccc2)c(-c2ccc(Br)cc2)c1CCC(=O)O. The molecule has 1 aromatic heterocycles. The fraction of sp³-hybridized carbons (Fsp3) is 0.281. The van der Waals surface area contributed by atoms with Crippen molar-refractivity contribution in [2.45, 2.75) is 52.0 Å². The van der Waals surface area contributed by atoms with Crippen molar-refractivity contribution in [1.82, 2.24) is 9.78 Å². The molecule has 4 rings (SSSR count). The second-order valence-corrected chi connectivity index (χ2v) is 10.5. The minimum absolute atomic E-state index is 0.0260. The molecule has 0 fully saturated rings. The molecule has 4 aromatic rings. The third-order valence-corrected chi connectivity index (χ3v) is 7.13. The van der Waals surface area contributed by atoms with Gasteiger partial charge in [0.1, 0.15) is 5.75 Å². The Hall–Kier alpha value is -3.91.